The van der Waals surface area contributed by atoms with Crippen LogP contribution in [0.2, 0.25) is 0 Å². The van der Waals surface area contributed by atoms with Crippen molar-refractivity contribution in [2.24, 2.45) is 0 Å². The van der Waals surface area contributed by atoms with E-state index in [0.29, 0.717) is 11.1 Å². The topological polar surface area (TPSA) is 64.4 Å². The van der Waals surface area contributed by atoms with Gasteiger partial charge in [-0.2, -0.15) is 5.10 Å². The Labute approximate surface area is 168 Å². The smallest absolute Gasteiger partial charge is 0.311 e. The minimum absolute atomic E-state index is 0.0120. The van der Waals surface area contributed by atoms with E-state index < -0.39 is 12.1 Å². The average Bonchev–Trinajstić information content (AvgIpc) is 3.16. The lowest BCUT2D eigenvalue weighted by Gasteiger charge is -2.21. The fourth-order valence-electron chi connectivity index (χ4n) is 2.93. The molecular formula is C22H22FN3O3. The van der Waals surface area contributed by atoms with Crippen LogP contribution in [0.5, 0.6) is 0 Å². The van der Waals surface area contributed by atoms with Crippen LogP contribution in [0.25, 0.3) is 5.69 Å². The first-order valence-corrected chi connectivity index (χ1v) is 9.20. The number of esters is 1. The van der Waals surface area contributed by atoms with Crippen LogP contribution in [0.1, 0.15) is 18.1 Å². The van der Waals surface area contributed by atoms with Crippen molar-refractivity contribution in [1.29, 1.82) is 0 Å². The molecule has 0 aliphatic carbocycles. The Bertz CT molecular complexity index is 988. The summed E-state index contributed by atoms with van der Waals surface area (Å²) in [5.41, 5.74) is 2.23. The van der Waals surface area contributed by atoms with Crippen LogP contribution < -0.4 is 0 Å². The van der Waals surface area contributed by atoms with Crippen LogP contribution in [-0.2, 0) is 27.3 Å². The average molecular weight is 395 g/mol. The van der Waals surface area contributed by atoms with Gasteiger partial charge in [0.1, 0.15) is 5.82 Å². The number of carbonyl (C=O) groups excluding carboxylic acids is 2. The van der Waals surface area contributed by atoms with Crippen molar-refractivity contribution in [3.05, 3.63) is 83.9 Å². The fourth-order valence-corrected chi connectivity index (χ4v) is 2.93. The molecule has 1 aromatic heterocycles. The van der Waals surface area contributed by atoms with Gasteiger partial charge in [-0.1, -0.05) is 30.3 Å². The zero-order chi connectivity index (χ0) is 20.8. The first kappa shape index (κ1) is 20.3. The summed E-state index contributed by atoms with van der Waals surface area (Å²) in [6, 6.07) is 15.6. The number of hydrogen-bond donors (Lipinski definition) is 0. The second-order valence-corrected chi connectivity index (χ2v) is 6.76. The molecule has 7 heteroatoms. The standard InChI is InChI=1S/C22H22FN3O3/c1-16(22(28)25(2)14-17-7-6-8-19(23)11-17)29-21(27)12-18-13-24-26(15-18)20-9-4-3-5-10-20/h3-11,13,15-16H,12,14H2,1-2H3. The van der Waals surface area contributed by atoms with Crippen molar-refractivity contribution < 1.29 is 18.7 Å². The molecule has 3 rings (SSSR count). The van der Waals surface area contributed by atoms with E-state index in [2.05, 4.69) is 5.10 Å². The zero-order valence-corrected chi connectivity index (χ0v) is 16.3. The van der Waals surface area contributed by atoms with Crippen molar-refractivity contribution in [1.82, 2.24) is 14.7 Å². The molecule has 0 fully saturated rings. The predicted octanol–water partition coefficient (Wildman–Crippen LogP) is 3.14. The molecule has 0 saturated heterocycles. The quantitative estimate of drug-likeness (QED) is 0.577. The molecule has 0 saturated carbocycles. The minimum Gasteiger partial charge on any atom is -0.452 e. The second kappa shape index (κ2) is 9.14. The molecule has 1 unspecified atom stereocenters. The first-order valence-electron chi connectivity index (χ1n) is 9.20. The maximum absolute atomic E-state index is 13.3. The van der Waals surface area contributed by atoms with E-state index in [-0.39, 0.29) is 24.7 Å². The molecule has 0 radical (unpaired) electrons. The summed E-state index contributed by atoms with van der Waals surface area (Å²) in [4.78, 5) is 26.1. The molecule has 29 heavy (non-hydrogen) atoms. The number of hydrogen-bond acceptors (Lipinski definition) is 4. The van der Waals surface area contributed by atoms with E-state index in [1.807, 2.05) is 30.3 Å². The van der Waals surface area contributed by atoms with Crippen LogP contribution in [0, 0.1) is 5.82 Å². The maximum Gasteiger partial charge on any atom is 0.311 e. The molecule has 0 aliphatic rings. The number of carbonyl (C=O) groups is 2. The molecule has 0 bridgehead atoms. The SMILES string of the molecule is CC(OC(=O)Cc1cnn(-c2ccccc2)c1)C(=O)N(C)Cc1cccc(F)c1. The van der Waals surface area contributed by atoms with Gasteiger partial charge in [-0.15, -0.1) is 0 Å². The van der Waals surface area contributed by atoms with E-state index in [1.165, 1.54) is 24.0 Å². The number of likely N-dealkylation sites (N-methyl/N-ethyl adjacent to an activating group) is 1. The highest BCUT2D eigenvalue weighted by atomic mass is 19.1. The predicted molar refractivity (Wildman–Crippen MR) is 106 cm³/mol. The van der Waals surface area contributed by atoms with Gasteiger partial charge in [0, 0.05) is 25.4 Å². The molecule has 0 aliphatic heterocycles. The summed E-state index contributed by atoms with van der Waals surface area (Å²) < 4.78 is 20.2. The number of amides is 1. The minimum atomic E-state index is -0.940. The molecule has 0 spiro atoms. The van der Waals surface area contributed by atoms with Crippen molar-refractivity contribution in [2.45, 2.75) is 26.0 Å². The summed E-state index contributed by atoms with van der Waals surface area (Å²) in [7, 11) is 1.58. The van der Waals surface area contributed by atoms with E-state index in [9.17, 15) is 14.0 Å². The van der Waals surface area contributed by atoms with E-state index in [4.69, 9.17) is 4.74 Å². The van der Waals surface area contributed by atoms with Gasteiger partial charge in [-0.25, -0.2) is 9.07 Å². The van der Waals surface area contributed by atoms with E-state index in [1.54, 1.807) is 36.3 Å². The van der Waals surface area contributed by atoms with E-state index in [0.717, 1.165) is 5.69 Å². The molecule has 1 atom stereocenters. The largest absolute Gasteiger partial charge is 0.452 e. The summed E-state index contributed by atoms with van der Waals surface area (Å²) in [6.07, 6.45) is 2.42. The summed E-state index contributed by atoms with van der Waals surface area (Å²) >= 11 is 0. The highest BCUT2D eigenvalue weighted by Crippen LogP contribution is 2.11. The van der Waals surface area contributed by atoms with Crippen LogP contribution in [0.15, 0.2) is 67.0 Å². The molecule has 1 amide bonds. The van der Waals surface area contributed by atoms with Crippen LogP contribution in [0.3, 0.4) is 0 Å². The summed E-state index contributed by atoms with van der Waals surface area (Å²) in [5, 5.41) is 4.24. The zero-order valence-electron chi connectivity index (χ0n) is 16.3. The molecule has 150 valence electrons. The Balaban J connectivity index is 1.53. The Morgan fingerprint density at radius 1 is 1.14 bits per heavy atom. The van der Waals surface area contributed by atoms with E-state index >= 15 is 0 Å². The summed E-state index contributed by atoms with van der Waals surface area (Å²) in [6.45, 7) is 1.75. The van der Waals surface area contributed by atoms with Crippen molar-refractivity contribution >= 4 is 11.9 Å². The van der Waals surface area contributed by atoms with Crippen LogP contribution >= 0.6 is 0 Å². The first-order chi connectivity index (χ1) is 13.9. The number of rotatable bonds is 7. The molecule has 3 aromatic rings. The lowest BCUT2D eigenvalue weighted by molar-refractivity contribution is -0.158. The maximum atomic E-state index is 13.3. The summed E-state index contributed by atoms with van der Waals surface area (Å²) in [5.74, 6) is -1.24. The van der Waals surface area contributed by atoms with Crippen molar-refractivity contribution in [3.8, 4) is 5.69 Å². The van der Waals surface area contributed by atoms with Crippen molar-refractivity contribution in [2.75, 3.05) is 7.05 Å². The molecule has 0 N–H and O–H groups in total. The van der Waals surface area contributed by atoms with Gasteiger partial charge in [0.15, 0.2) is 6.10 Å². The van der Waals surface area contributed by atoms with Gasteiger partial charge in [0.25, 0.3) is 5.91 Å². The van der Waals surface area contributed by atoms with Crippen LogP contribution in [-0.4, -0.2) is 39.7 Å². The third-order valence-electron chi connectivity index (χ3n) is 4.35. The Kier molecular flexibility index (Phi) is 6.39. The number of nitrogens with zero attached hydrogens (tertiary/aromatic N) is 3. The second-order valence-electron chi connectivity index (χ2n) is 6.76. The Hall–Kier alpha value is -3.48. The third kappa shape index (κ3) is 5.51. The van der Waals surface area contributed by atoms with Gasteiger partial charge in [0.05, 0.1) is 18.3 Å². The lowest BCUT2D eigenvalue weighted by atomic mass is 10.2. The molecule has 6 nitrogen and oxygen atoms in total. The van der Waals surface area contributed by atoms with Gasteiger partial charge in [-0.05, 0) is 36.8 Å². The molecule has 1 heterocycles. The van der Waals surface area contributed by atoms with Gasteiger partial charge in [0.2, 0.25) is 0 Å². The number of halogens is 1. The highest BCUT2D eigenvalue weighted by Gasteiger charge is 2.22. The normalized spacial score (nSPS) is 11.7. The molecular weight excluding hydrogens is 373 g/mol. The van der Waals surface area contributed by atoms with Crippen LogP contribution in [0.4, 0.5) is 4.39 Å². The lowest BCUT2D eigenvalue weighted by Crippen LogP contribution is -2.37. The third-order valence-corrected chi connectivity index (χ3v) is 4.35. The monoisotopic (exact) mass is 395 g/mol. The number of aromatic nitrogens is 2. The van der Waals surface area contributed by atoms with Gasteiger partial charge in [-0.3, -0.25) is 9.59 Å². The fraction of sp³-hybridized carbons (Fsp3) is 0.227. The highest BCUT2D eigenvalue weighted by molar-refractivity contribution is 5.83. The Morgan fingerprint density at radius 3 is 2.62 bits per heavy atom. The molecule has 2 aromatic carbocycles. The van der Waals surface area contributed by atoms with Crippen molar-refractivity contribution in [3.63, 3.8) is 0 Å². The Morgan fingerprint density at radius 2 is 1.90 bits per heavy atom. The van der Waals surface area contributed by atoms with Gasteiger partial charge < -0.3 is 9.64 Å². The number of benzene rings is 2. The number of para-hydroxylation sites is 1. The number of ether oxygens (including phenoxy) is 1. The van der Waals surface area contributed by atoms with Gasteiger partial charge >= 0.3 is 5.97 Å².